The number of hydrogen-bond acceptors (Lipinski definition) is 3. The largest absolute Gasteiger partial charge is 0.351 e. The number of carbonyl (C=O) groups excluding carboxylic acids is 2. The molecule has 144 valence electrons. The van der Waals surface area contributed by atoms with Crippen LogP contribution in [0.4, 0.5) is 4.39 Å². The minimum absolute atomic E-state index is 0.0293. The summed E-state index contributed by atoms with van der Waals surface area (Å²) in [6.45, 7) is 7.96. The molecule has 5 nitrogen and oxygen atoms in total. The minimum Gasteiger partial charge on any atom is -0.351 e. The Hall–Kier alpha value is -2.47. The highest BCUT2D eigenvalue weighted by atomic mass is 35.5. The third-order valence-electron chi connectivity index (χ3n) is 4.28. The van der Waals surface area contributed by atoms with Crippen molar-refractivity contribution in [2.75, 3.05) is 6.54 Å². The summed E-state index contributed by atoms with van der Waals surface area (Å²) in [5.41, 5.74) is 1.70. The van der Waals surface area contributed by atoms with Gasteiger partial charge in [0.25, 0.3) is 5.91 Å². The van der Waals surface area contributed by atoms with Crippen molar-refractivity contribution in [1.82, 2.24) is 15.2 Å². The SMILES string of the molecule is CCN(C(=O)c1cc(F)ccc1-c1cc(Cl)cc(C(C)NC=O)n1)C(C)C. The first-order chi connectivity index (χ1) is 12.8. The van der Waals surface area contributed by atoms with Crippen molar-refractivity contribution in [3.05, 3.63) is 52.4 Å². The zero-order valence-electron chi connectivity index (χ0n) is 15.8. The summed E-state index contributed by atoms with van der Waals surface area (Å²) in [5, 5.41) is 3.03. The molecule has 0 aliphatic heterocycles. The van der Waals surface area contributed by atoms with Crippen LogP contribution in [-0.2, 0) is 4.79 Å². The molecular weight excluding hydrogens is 369 g/mol. The molecule has 2 rings (SSSR count). The van der Waals surface area contributed by atoms with Gasteiger partial charge < -0.3 is 10.2 Å². The molecule has 7 heteroatoms. The number of carbonyl (C=O) groups is 2. The number of rotatable bonds is 7. The van der Waals surface area contributed by atoms with Gasteiger partial charge in [-0.25, -0.2) is 4.39 Å². The van der Waals surface area contributed by atoms with Gasteiger partial charge in [-0.3, -0.25) is 14.6 Å². The van der Waals surface area contributed by atoms with E-state index < -0.39 is 5.82 Å². The molecule has 0 bridgehead atoms. The summed E-state index contributed by atoms with van der Waals surface area (Å²) in [4.78, 5) is 29.9. The van der Waals surface area contributed by atoms with Gasteiger partial charge in [-0.2, -0.15) is 0 Å². The molecule has 2 aromatic rings. The number of hydrogen-bond donors (Lipinski definition) is 1. The lowest BCUT2D eigenvalue weighted by molar-refractivity contribution is -0.110. The zero-order valence-corrected chi connectivity index (χ0v) is 16.5. The third kappa shape index (κ3) is 4.83. The quantitative estimate of drug-likeness (QED) is 0.719. The average Bonchev–Trinajstić information content (AvgIpc) is 2.61. The summed E-state index contributed by atoms with van der Waals surface area (Å²) in [6, 6.07) is 6.90. The van der Waals surface area contributed by atoms with E-state index in [1.54, 1.807) is 24.0 Å². The van der Waals surface area contributed by atoms with Crippen molar-refractivity contribution in [3.8, 4) is 11.3 Å². The molecule has 0 saturated heterocycles. The number of benzene rings is 1. The summed E-state index contributed by atoms with van der Waals surface area (Å²) in [6.07, 6.45) is 0.585. The Bertz CT molecular complexity index is 842. The third-order valence-corrected chi connectivity index (χ3v) is 4.50. The van der Waals surface area contributed by atoms with Crippen molar-refractivity contribution in [2.24, 2.45) is 0 Å². The summed E-state index contributed by atoms with van der Waals surface area (Å²) < 4.78 is 13.9. The molecule has 0 radical (unpaired) electrons. The lowest BCUT2D eigenvalue weighted by atomic mass is 10.0. The molecule has 1 aromatic heterocycles. The van der Waals surface area contributed by atoms with Gasteiger partial charge in [0.05, 0.1) is 23.0 Å². The van der Waals surface area contributed by atoms with Crippen molar-refractivity contribution in [3.63, 3.8) is 0 Å². The number of amides is 2. The average molecular weight is 392 g/mol. The van der Waals surface area contributed by atoms with E-state index in [1.807, 2.05) is 20.8 Å². The molecule has 0 aliphatic rings. The van der Waals surface area contributed by atoms with E-state index in [-0.39, 0.29) is 23.6 Å². The molecule has 0 fully saturated rings. The first-order valence-corrected chi connectivity index (χ1v) is 9.14. The fraction of sp³-hybridized carbons (Fsp3) is 0.350. The standard InChI is InChI=1S/C20H23ClFN3O2/c1-5-25(12(2)3)20(27)17-10-15(22)6-7-16(17)19-9-14(21)8-18(24-19)13(4)23-11-26/h6-13H,5H2,1-4H3,(H,23,26). The summed E-state index contributed by atoms with van der Waals surface area (Å²) >= 11 is 6.22. The molecule has 2 amide bonds. The molecule has 0 spiro atoms. The highest BCUT2D eigenvalue weighted by molar-refractivity contribution is 6.30. The predicted octanol–water partition coefficient (Wildman–Crippen LogP) is 4.22. The van der Waals surface area contributed by atoms with Crippen LogP contribution in [0.1, 0.15) is 49.8 Å². The summed E-state index contributed by atoms with van der Waals surface area (Å²) in [7, 11) is 0. The van der Waals surface area contributed by atoms with E-state index in [0.29, 0.717) is 34.9 Å². The van der Waals surface area contributed by atoms with Crippen molar-refractivity contribution < 1.29 is 14.0 Å². The second kappa shape index (κ2) is 8.95. The van der Waals surface area contributed by atoms with Crippen LogP contribution in [0.25, 0.3) is 11.3 Å². The number of aromatic nitrogens is 1. The molecule has 1 N–H and O–H groups in total. The highest BCUT2D eigenvalue weighted by Crippen LogP contribution is 2.29. The van der Waals surface area contributed by atoms with E-state index in [9.17, 15) is 14.0 Å². The van der Waals surface area contributed by atoms with Gasteiger partial charge in [-0.05, 0) is 58.0 Å². The van der Waals surface area contributed by atoms with Gasteiger partial charge >= 0.3 is 0 Å². The zero-order chi connectivity index (χ0) is 20.1. The molecule has 0 saturated carbocycles. The van der Waals surface area contributed by atoms with Crippen LogP contribution in [0, 0.1) is 5.82 Å². The van der Waals surface area contributed by atoms with Crippen LogP contribution >= 0.6 is 11.6 Å². The lowest BCUT2D eigenvalue weighted by Crippen LogP contribution is -2.37. The van der Waals surface area contributed by atoms with Crippen LogP contribution in [0.2, 0.25) is 5.02 Å². The maximum atomic E-state index is 13.9. The van der Waals surface area contributed by atoms with Gasteiger partial charge in [0.1, 0.15) is 5.82 Å². The molecule has 1 aromatic carbocycles. The molecule has 1 unspecified atom stereocenters. The second-order valence-electron chi connectivity index (χ2n) is 6.48. The van der Waals surface area contributed by atoms with E-state index >= 15 is 0 Å². The van der Waals surface area contributed by atoms with Gasteiger partial charge in [0, 0.05) is 23.2 Å². The minimum atomic E-state index is -0.500. The van der Waals surface area contributed by atoms with E-state index in [4.69, 9.17) is 11.6 Å². The highest BCUT2D eigenvalue weighted by Gasteiger charge is 2.22. The molecular formula is C20H23ClFN3O2. The molecule has 0 aliphatic carbocycles. The fourth-order valence-electron chi connectivity index (χ4n) is 2.88. The Labute approximate surface area is 163 Å². The predicted molar refractivity (Wildman–Crippen MR) is 104 cm³/mol. The van der Waals surface area contributed by atoms with Crippen LogP contribution in [0.3, 0.4) is 0 Å². The second-order valence-corrected chi connectivity index (χ2v) is 6.91. The van der Waals surface area contributed by atoms with Crippen LogP contribution < -0.4 is 5.32 Å². The topological polar surface area (TPSA) is 62.3 Å². The van der Waals surface area contributed by atoms with Crippen LogP contribution in [0.5, 0.6) is 0 Å². The lowest BCUT2D eigenvalue weighted by Gasteiger charge is -2.26. The monoisotopic (exact) mass is 391 g/mol. The Balaban J connectivity index is 2.60. The first kappa shape index (κ1) is 20.8. The normalized spacial score (nSPS) is 12.0. The first-order valence-electron chi connectivity index (χ1n) is 8.76. The maximum absolute atomic E-state index is 13.9. The fourth-order valence-corrected chi connectivity index (χ4v) is 3.09. The maximum Gasteiger partial charge on any atom is 0.254 e. The van der Waals surface area contributed by atoms with E-state index in [0.717, 1.165) is 0 Å². The van der Waals surface area contributed by atoms with E-state index in [2.05, 4.69) is 10.3 Å². The number of halogens is 2. The van der Waals surface area contributed by atoms with Crippen molar-refractivity contribution in [1.29, 1.82) is 0 Å². The van der Waals surface area contributed by atoms with Crippen molar-refractivity contribution >= 4 is 23.9 Å². The van der Waals surface area contributed by atoms with Gasteiger partial charge in [-0.15, -0.1) is 0 Å². The Morgan fingerprint density at radius 1 is 1.30 bits per heavy atom. The Kier molecular flexibility index (Phi) is 6.91. The van der Waals surface area contributed by atoms with Crippen LogP contribution in [-0.4, -0.2) is 34.8 Å². The molecule has 27 heavy (non-hydrogen) atoms. The number of nitrogens with one attached hydrogen (secondary N) is 1. The van der Waals surface area contributed by atoms with Gasteiger partial charge in [0.2, 0.25) is 6.41 Å². The molecule has 1 heterocycles. The molecule has 1 atom stereocenters. The summed E-state index contributed by atoms with van der Waals surface area (Å²) in [5.74, 6) is -0.774. The van der Waals surface area contributed by atoms with Crippen molar-refractivity contribution in [2.45, 2.75) is 39.8 Å². The van der Waals surface area contributed by atoms with Gasteiger partial charge in [-0.1, -0.05) is 11.6 Å². The Morgan fingerprint density at radius 2 is 2.00 bits per heavy atom. The van der Waals surface area contributed by atoms with Crippen LogP contribution in [0.15, 0.2) is 30.3 Å². The number of nitrogens with zero attached hydrogens (tertiary/aromatic N) is 2. The van der Waals surface area contributed by atoms with Gasteiger partial charge in [0.15, 0.2) is 0 Å². The smallest absolute Gasteiger partial charge is 0.254 e. The number of pyridine rings is 1. The Morgan fingerprint density at radius 3 is 2.59 bits per heavy atom. The van der Waals surface area contributed by atoms with E-state index in [1.165, 1.54) is 18.2 Å².